The van der Waals surface area contributed by atoms with Gasteiger partial charge in [0.2, 0.25) is 0 Å². The van der Waals surface area contributed by atoms with Crippen LogP contribution in [0.3, 0.4) is 0 Å². The maximum absolute atomic E-state index is 11.3. The van der Waals surface area contributed by atoms with Crippen LogP contribution in [0.4, 0.5) is 0 Å². The van der Waals surface area contributed by atoms with Crippen molar-refractivity contribution < 1.29 is 9.53 Å². The number of benzene rings is 1. The number of esters is 1. The average Bonchev–Trinajstić information content (AvgIpc) is 2.34. The lowest BCUT2D eigenvalue weighted by molar-refractivity contribution is -0.137. The first-order chi connectivity index (χ1) is 8.92. The van der Waals surface area contributed by atoms with E-state index in [-0.39, 0.29) is 11.4 Å². The summed E-state index contributed by atoms with van der Waals surface area (Å²) in [4.78, 5) is 11.3. The predicted octanol–water partition coefficient (Wildman–Crippen LogP) is 4.32. The number of ether oxygens (including phenoxy) is 1. The topological polar surface area (TPSA) is 26.3 Å². The Hall–Kier alpha value is -1.83. The van der Waals surface area contributed by atoms with Gasteiger partial charge in [-0.2, -0.15) is 0 Å². The van der Waals surface area contributed by atoms with Crippen LogP contribution in [0, 0.1) is 5.41 Å². The number of hydrogen-bond donors (Lipinski definition) is 0. The molecule has 102 valence electrons. The molecule has 0 atom stereocenters. The van der Waals surface area contributed by atoms with Crippen molar-refractivity contribution in [2.45, 2.75) is 27.7 Å². The van der Waals surface area contributed by atoms with Crippen molar-refractivity contribution in [3.63, 3.8) is 0 Å². The van der Waals surface area contributed by atoms with Gasteiger partial charge in [-0.3, -0.25) is 0 Å². The van der Waals surface area contributed by atoms with Crippen LogP contribution in [0.25, 0.3) is 12.2 Å². The maximum Gasteiger partial charge on any atom is 0.330 e. The molecule has 1 aromatic rings. The molecule has 0 amide bonds. The van der Waals surface area contributed by atoms with Crippen molar-refractivity contribution in [2.75, 3.05) is 6.61 Å². The Morgan fingerprint density at radius 1 is 1.16 bits per heavy atom. The van der Waals surface area contributed by atoms with Crippen LogP contribution in [0.1, 0.15) is 38.8 Å². The van der Waals surface area contributed by atoms with Crippen molar-refractivity contribution in [1.82, 2.24) is 0 Å². The highest BCUT2D eigenvalue weighted by atomic mass is 16.5. The van der Waals surface area contributed by atoms with E-state index >= 15 is 0 Å². The smallest absolute Gasteiger partial charge is 0.330 e. The summed E-state index contributed by atoms with van der Waals surface area (Å²) in [6, 6.07) is 7.97. The van der Waals surface area contributed by atoms with Crippen molar-refractivity contribution in [3.05, 3.63) is 47.5 Å². The quantitative estimate of drug-likeness (QED) is 0.594. The lowest BCUT2D eigenvalue weighted by Crippen LogP contribution is -1.99. The summed E-state index contributed by atoms with van der Waals surface area (Å²) in [5.74, 6) is -0.308. The third kappa shape index (κ3) is 6.05. The average molecular weight is 258 g/mol. The van der Waals surface area contributed by atoms with Gasteiger partial charge in [0.05, 0.1) is 6.61 Å². The maximum atomic E-state index is 11.3. The summed E-state index contributed by atoms with van der Waals surface area (Å²) in [6.45, 7) is 8.65. The molecule has 0 fully saturated rings. The van der Waals surface area contributed by atoms with Gasteiger partial charge in [-0.15, -0.1) is 0 Å². The van der Waals surface area contributed by atoms with Crippen molar-refractivity contribution in [2.24, 2.45) is 5.41 Å². The first-order valence-corrected chi connectivity index (χ1v) is 6.55. The van der Waals surface area contributed by atoms with E-state index in [4.69, 9.17) is 4.74 Å². The van der Waals surface area contributed by atoms with Crippen LogP contribution in [0.15, 0.2) is 36.4 Å². The van der Waals surface area contributed by atoms with Gasteiger partial charge in [0.1, 0.15) is 0 Å². The Kier molecular flexibility index (Phi) is 5.56. The summed E-state index contributed by atoms with van der Waals surface area (Å²) < 4.78 is 4.87. The molecule has 0 aliphatic rings. The molecule has 2 nitrogen and oxygen atoms in total. The van der Waals surface area contributed by atoms with E-state index in [0.29, 0.717) is 6.61 Å². The summed E-state index contributed by atoms with van der Waals surface area (Å²) >= 11 is 0. The Bertz CT molecular complexity index is 476. The van der Waals surface area contributed by atoms with E-state index in [1.54, 1.807) is 13.0 Å². The normalized spacial score (nSPS) is 12.2. The van der Waals surface area contributed by atoms with E-state index in [2.05, 4.69) is 32.9 Å². The molecule has 0 unspecified atom stereocenters. The first kappa shape index (κ1) is 15.2. The lowest BCUT2D eigenvalue weighted by atomic mass is 9.94. The fourth-order valence-corrected chi connectivity index (χ4v) is 1.50. The minimum atomic E-state index is -0.308. The predicted molar refractivity (Wildman–Crippen MR) is 80.6 cm³/mol. The minimum absolute atomic E-state index is 0.137. The number of allylic oxidation sites excluding steroid dienone is 1. The van der Waals surface area contributed by atoms with Gasteiger partial charge in [-0.1, -0.05) is 57.2 Å². The van der Waals surface area contributed by atoms with E-state index < -0.39 is 0 Å². The number of rotatable bonds is 4. The fourth-order valence-electron chi connectivity index (χ4n) is 1.50. The molecular weight excluding hydrogens is 236 g/mol. The largest absolute Gasteiger partial charge is 0.463 e. The van der Waals surface area contributed by atoms with Gasteiger partial charge in [0.25, 0.3) is 0 Å². The fraction of sp³-hybridized carbons (Fsp3) is 0.353. The first-order valence-electron chi connectivity index (χ1n) is 6.55. The molecule has 1 aromatic carbocycles. The van der Waals surface area contributed by atoms with Gasteiger partial charge in [0, 0.05) is 6.08 Å². The van der Waals surface area contributed by atoms with Gasteiger partial charge < -0.3 is 4.74 Å². The molecule has 0 bridgehead atoms. The van der Waals surface area contributed by atoms with Gasteiger partial charge in [0.15, 0.2) is 0 Å². The zero-order valence-electron chi connectivity index (χ0n) is 12.1. The molecule has 0 saturated heterocycles. The van der Waals surface area contributed by atoms with Gasteiger partial charge in [-0.05, 0) is 29.5 Å². The van der Waals surface area contributed by atoms with Crippen molar-refractivity contribution >= 4 is 18.1 Å². The molecular formula is C17H22O2. The molecule has 0 heterocycles. The van der Waals surface area contributed by atoms with Crippen LogP contribution in [0.5, 0.6) is 0 Å². The highest BCUT2D eigenvalue weighted by molar-refractivity contribution is 5.87. The van der Waals surface area contributed by atoms with Crippen LogP contribution < -0.4 is 0 Å². The minimum Gasteiger partial charge on any atom is -0.463 e. The van der Waals surface area contributed by atoms with E-state index in [9.17, 15) is 4.79 Å². The SMILES string of the molecule is CCOC(=O)C=Cc1ccccc1C=CC(C)(C)C. The zero-order valence-corrected chi connectivity index (χ0v) is 12.1. The third-order valence-corrected chi connectivity index (χ3v) is 2.44. The van der Waals surface area contributed by atoms with Gasteiger partial charge in [-0.25, -0.2) is 4.79 Å². The molecule has 0 aliphatic heterocycles. The van der Waals surface area contributed by atoms with Crippen LogP contribution in [-0.4, -0.2) is 12.6 Å². The van der Waals surface area contributed by atoms with E-state index in [1.807, 2.05) is 24.3 Å². The second-order valence-corrected chi connectivity index (χ2v) is 5.41. The zero-order chi connectivity index (χ0) is 14.3. The molecule has 0 saturated carbocycles. The monoisotopic (exact) mass is 258 g/mol. The third-order valence-electron chi connectivity index (χ3n) is 2.44. The number of carbonyl (C=O) groups excluding carboxylic acids is 1. The van der Waals surface area contributed by atoms with E-state index in [1.165, 1.54) is 6.08 Å². The number of carbonyl (C=O) groups is 1. The van der Waals surface area contributed by atoms with Crippen LogP contribution in [-0.2, 0) is 9.53 Å². The Balaban J connectivity index is 2.90. The van der Waals surface area contributed by atoms with E-state index in [0.717, 1.165) is 11.1 Å². The van der Waals surface area contributed by atoms with Crippen molar-refractivity contribution in [1.29, 1.82) is 0 Å². The summed E-state index contributed by atoms with van der Waals surface area (Å²) in [7, 11) is 0. The van der Waals surface area contributed by atoms with Crippen molar-refractivity contribution in [3.8, 4) is 0 Å². The second kappa shape index (κ2) is 6.93. The Morgan fingerprint density at radius 2 is 1.74 bits per heavy atom. The molecule has 2 heteroatoms. The van der Waals surface area contributed by atoms with Crippen LogP contribution in [0.2, 0.25) is 0 Å². The molecule has 0 radical (unpaired) electrons. The second-order valence-electron chi connectivity index (χ2n) is 5.41. The molecule has 0 aromatic heterocycles. The molecule has 0 N–H and O–H groups in total. The summed E-state index contributed by atoms with van der Waals surface area (Å²) in [5.41, 5.74) is 2.24. The summed E-state index contributed by atoms with van der Waals surface area (Å²) in [6.07, 6.45) is 7.50. The molecule has 1 rings (SSSR count). The summed E-state index contributed by atoms with van der Waals surface area (Å²) in [5, 5.41) is 0. The Morgan fingerprint density at radius 3 is 2.26 bits per heavy atom. The van der Waals surface area contributed by atoms with Crippen LogP contribution >= 0.6 is 0 Å². The number of hydrogen-bond acceptors (Lipinski definition) is 2. The molecule has 0 aliphatic carbocycles. The Labute approximate surface area is 115 Å². The highest BCUT2D eigenvalue weighted by Gasteiger charge is 2.04. The van der Waals surface area contributed by atoms with Gasteiger partial charge >= 0.3 is 5.97 Å². The molecule has 0 spiro atoms. The highest BCUT2D eigenvalue weighted by Crippen LogP contribution is 2.19. The molecule has 19 heavy (non-hydrogen) atoms. The standard InChI is InChI=1S/C17H22O2/c1-5-19-16(18)11-10-14-8-6-7-9-15(14)12-13-17(2,3)4/h6-13H,5H2,1-4H3. The lowest BCUT2D eigenvalue weighted by Gasteiger charge is -2.11.